The second-order valence-electron chi connectivity index (χ2n) is 6.13. The topological polar surface area (TPSA) is 79.3 Å². The van der Waals surface area contributed by atoms with Crippen LogP contribution >= 0.6 is 0 Å². The first-order valence-electron chi connectivity index (χ1n) is 8.84. The van der Waals surface area contributed by atoms with Crippen molar-refractivity contribution < 1.29 is 4.74 Å². The quantitative estimate of drug-likeness (QED) is 0.740. The van der Waals surface area contributed by atoms with Gasteiger partial charge in [0, 0.05) is 32.4 Å². The van der Waals surface area contributed by atoms with E-state index in [2.05, 4.69) is 35.3 Å². The molecule has 0 bridgehead atoms. The van der Waals surface area contributed by atoms with E-state index in [4.69, 9.17) is 4.74 Å². The summed E-state index contributed by atoms with van der Waals surface area (Å²) in [4.78, 5) is 13.4. The van der Waals surface area contributed by atoms with Crippen LogP contribution in [0, 0.1) is 0 Å². The van der Waals surface area contributed by atoms with E-state index < -0.39 is 0 Å². The summed E-state index contributed by atoms with van der Waals surface area (Å²) in [6, 6.07) is 13.7. The second-order valence-corrected chi connectivity index (χ2v) is 6.13. The zero-order valence-corrected chi connectivity index (χ0v) is 15.1. The first-order chi connectivity index (χ1) is 13.3. The minimum Gasteiger partial charge on any atom is -0.495 e. The molecule has 138 valence electrons. The Hall–Kier alpha value is -3.42. The largest absolute Gasteiger partial charge is 0.495 e. The molecule has 3 aromatic rings. The Kier molecular flexibility index (Phi) is 4.95. The summed E-state index contributed by atoms with van der Waals surface area (Å²) in [7, 11) is 1.64. The molecule has 27 heavy (non-hydrogen) atoms. The molecule has 1 aliphatic rings. The van der Waals surface area contributed by atoms with Crippen molar-refractivity contribution >= 4 is 23.3 Å². The highest BCUT2D eigenvalue weighted by Crippen LogP contribution is 2.26. The summed E-state index contributed by atoms with van der Waals surface area (Å²) in [5, 5.41) is 11.6. The average Bonchev–Trinajstić information content (AvgIpc) is 2.75. The molecule has 1 aromatic carbocycles. The lowest BCUT2D eigenvalue weighted by molar-refractivity contribution is 0.417. The highest BCUT2D eigenvalue weighted by molar-refractivity contribution is 5.64. The van der Waals surface area contributed by atoms with Gasteiger partial charge in [0.15, 0.2) is 5.82 Å². The van der Waals surface area contributed by atoms with Crippen LogP contribution in [0.5, 0.6) is 5.75 Å². The van der Waals surface area contributed by atoms with E-state index in [-0.39, 0.29) is 0 Å². The molecule has 8 heteroatoms. The third kappa shape index (κ3) is 3.89. The number of hydrogen-bond acceptors (Lipinski definition) is 8. The van der Waals surface area contributed by atoms with Gasteiger partial charge < -0.3 is 19.9 Å². The van der Waals surface area contributed by atoms with Crippen molar-refractivity contribution in [2.75, 3.05) is 48.4 Å². The molecule has 0 unspecified atom stereocenters. The van der Waals surface area contributed by atoms with E-state index in [1.807, 2.05) is 48.7 Å². The third-order valence-electron chi connectivity index (χ3n) is 4.45. The minimum atomic E-state index is 0.621. The summed E-state index contributed by atoms with van der Waals surface area (Å²) in [6.45, 7) is 3.36. The predicted octanol–water partition coefficient (Wildman–Crippen LogP) is 2.35. The Morgan fingerprint density at radius 1 is 0.963 bits per heavy atom. The number of hydrogen-bond donors (Lipinski definition) is 1. The van der Waals surface area contributed by atoms with E-state index in [0.29, 0.717) is 11.8 Å². The number of ether oxygens (including phenoxy) is 1. The number of nitrogens with one attached hydrogen (secondary N) is 1. The average molecular weight is 363 g/mol. The van der Waals surface area contributed by atoms with Crippen molar-refractivity contribution in [3.8, 4) is 5.75 Å². The SMILES string of the molecule is COc1ccccc1Nc1cnnc(N2CCN(c3ccccn3)CC2)n1. The lowest BCUT2D eigenvalue weighted by atomic mass is 10.3. The number of aromatic nitrogens is 4. The molecule has 0 atom stereocenters. The summed E-state index contributed by atoms with van der Waals surface area (Å²) in [5.41, 5.74) is 0.839. The lowest BCUT2D eigenvalue weighted by Gasteiger charge is -2.35. The molecule has 2 aromatic heterocycles. The van der Waals surface area contributed by atoms with Crippen LogP contribution in [0.15, 0.2) is 54.9 Å². The number of nitrogens with zero attached hydrogens (tertiary/aromatic N) is 6. The molecule has 1 N–H and O–H groups in total. The Balaban J connectivity index is 1.44. The first-order valence-corrected chi connectivity index (χ1v) is 8.84. The van der Waals surface area contributed by atoms with Gasteiger partial charge in [-0.05, 0) is 24.3 Å². The van der Waals surface area contributed by atoms with Crippen molar-refractivity contribution in [2.24, 2.45) is 0 Å². The number of para-hydroxylation sites is 2. The van der Waals surface area contributed by atoms with Crippen LogP contribution in [0.3, 0.4) is 0 Å². The number of anilines is 4. The van der Waals surface area contributed by atoms with Crippen LogP contribution in [0.25, 0.3) is 0 Å². The summed E-state index contributed by atoms with van der Waals surface area (Å²) in [6.07, 6.45) is 3.43. The normalized spacial score (nSPS) is 14.1. The maximum Gasteiger partial charge on any atom is 0.247 e. The number of methoxy groups -OCH3 is 1. The molecular formula is C19H21N7O. The van der Waals surface area contributed by atoms with Crippen molar-refractivity contribution in [3.05, 3.63) is 54.9 Å². The minimum absolute atomic E-state index is 0.621. The zero-order chi connectivity index (χ0) is 18.5. The van der Waals surface area contributed by atoms with Crippen LogP contribution in [0.2, 0.25) is 0 Å². The second kappa shape index (κ2) is 7.86. The Morgan fingerprint density at radius 2 is 1.74 bits per heavy atom. The Labute approximate surface area is 157 Å². The fourth-order valence-corrected chi connectivity index (χ4v) is 3.05. The maximum atomic E-state index is 5.37. The van der Waals surface area contributed by atoms with Gasteiger partial charge in [-0.3, -0.25) is 0 Å². The van der Waals surface area contributed by atoms with Crippen LogP contribution in [-0.2, 0) is 0 Å². The smallest absolute Gasteiger partial charge is 0.247 e. The highest BCUT2D eigenvalue weighted by Gasteiger charge is 2.20. The molecule has 0 radical (unpaired) electrons. The van der Waals surface area contributed by atoms with Gasteiger partial charge in [-0.25, -0.2) is 4.98 Å². The fourth-order valence-electron chi connectivity index (χ4n) is 3.05. The first kappa shape index (κ1) is 17.0. The number of piperazine rings is 1. The van der Waals surface area contributed by atoms with Gasteiger partial charge in [-0.2, -0.15) is 10.1 Å². The molecule has 8 nitrogen and oxygen atoms in total. The lowest BCUT2D eigenvalue weighted by Crippen LogP contribution is -2.47. The number of benzene rings is 1. The maximum absolute atomic E-state index is 5.37. The van der Waals surface area contributed by atoms with Crippen molar-refractivity contribution in [2.45, 2.75) is 0 Å². The standard InChI is InChI=1S/C19H21N7O/c1-27-16-7-3-2-6-15(16)22-17-14-21-24-19(23-17)26-12-10-25(11-13-26)18-8-4-5-9-20-18/h2-9,14H,10-13H2,1H3,(H,22,23,24). The Morgan fingerprint density at radius 3 is 2.52 bits per heavy atom. The predicted molar refractivity (Wildman–Crippen MR) is 105 cm³/mol. The van der Waals surface area contributed by atoms with Crippen LogP contribution < -0.4 is 19.9 Å². The highest BCUT2D eigenvalue weighted by atomic mass is 16.5. The number of pyridine rings is 1. The van der Waals surface area contributed by atoms with Gasteiger partial charge in [-0.15, -0.1) is 5.10 Å². The van der Waals surface area contributed by atoms with E-state index in [0.717, 1.165) is 43.4 Å². The molecular weight excluding hydrogens is 342 g/mol. The van der Waals surface area contributed by atoms with Crippen LogP contribution in [-0.4, -0.2) is 53.5 Å². The van der Waals surface area contributed by atoms with Gasteiger partial charge in [0.1, 0.15) is 11.6 Å². The molecule has 1 aliphatic heterocycles. The van der Waals surface area contributed by atoms with E-state index in [1.54, 1.807) is 13.3 Å². The van der Waals surface area contributed by atoms with E-state index >= 15 is 0 Å². The number of rotatable bonds is 5. The zero-order valence-electron chi connectivity index (χ0n) is 15.1. The van der Waals surface area contributed by atoms with Crippen molar-refractivity contribution in [1.29, 1.82) is 0 Å². The Bertz CT molecular complexity index is 882. The van der Waals surface area contributed by atoms with Gasteiger partial charge in [0.05, 0.1) is 19.0 Å². The third-order valence-corrected chi connectivity index (χ3v) is 4.45. The van der Waals surface area contributed by atoms with E-state index in [9.17, 15) is 0 Å². The van der Waals surface area contributed by atoms with Crippen molar-refractivity contribution in [3.63, 3.8) is 0 Å². The monoisotopic (exact) mass is 363 g/mol. The molecule has 4 rings (SSSR count). The van der Waals surface area contributed by atoms with Gasteiger partial charge >= 0.3 is 0 Å². The van der Waals surface area contributed by atoms with Crippen LogP contribution in [0.4, 0.5) is 23.3 Å². The molecule has 3 heterocycles. The molecule has 0 amide bonds. The summed E-state index contributed by atoms with van der Waals surface area (Å²) < 4.78 is 5.37. The van der Waals surface area contributed by atoms with Gasteiger partial charge in [0.2, 0.25) is 5.95 Å². The summed E-state index contributed by atoms with van der Waals surface area (Å²) in [5.74, 6) is 3.01. The summed E-state index contributed by atoms with van der Waals surface area (Å²) >= 11 is 0. The molecule has 0 saturated carbocycles. The van der Waals surface area contributed by atoms with E-state index in [1.165, 1.54) is 0 Å². The van der Waals surface area contributed by atoms with Crippen molar-refractivity contribution in [1.82, 2.24) is 20.2 Å². The molecule has 0 aliphatic carbocycles. The van der Waals surface area contributed by atoms with Crippen LogP contribution in [0.1, 0.15) is 0 Å². The van der Waals surface area contributed by atoms with Gasteiger partial charge in [0.25, 0.3) is 0 Å². The molecule has 0 spiro atoms. The van der Waals surface area contributed by atoms with Gasteiger partial charge in [-0.1, -0.05) is 18.2 Å². The molecule has 1 saturated heterocycles. The molecule has 1 fully saturated rings. The fraction of sp³-hybridized carbons (Fsp3) is 0.263.